The van der Waals surface area contributed by atoms with E-state index in [0.29, 0.717) is 17.4 Å². The molecule has 2 atom stereocenters. The summed E-state index contributed by atoms with van der Waals surface area (Å²) < 4.78 is 33.8. The quantitative estimate of drug-likeness (QED) is 0.0203. The molecule has 0 rings (SSSR count). The van der Waals surface area contributed by atoms with Gasteiger partial charge in [-0.25, -0.2) is 0 Å². The average Bonchev–Trinajstić information content (AvgIpc) is 3.09. The van der Waals surface area contributed by atoms with Crippen LogP contribution in [0.25, 0.3) is 0 Å². The number of phosphoric acid groups is 1. The molecule has 0 aromatic carbocycles. The van der Waals surface area contributed by atoms with Crippen LogP contribution in [0.1, 0.15) is 168 Å². The first-order valence-electron chi connectivity index (χ1n) is 20.7. The Morgan fingerprint density at radius 2 is 1.06 bits per heavy atom. The summed E-state index contributed by atoms with van der Waals surface area (Å²) >= 11 is 0. The first-order chi connectivity index (χ1) is 25.0. The number of hydrogen-bond donors (Lipinski definition) is 0. The maximum absolute atomic E-state index is 12.6. The summed E-state index contributed by atoms with van der Waals surface area (Å²) in [6, 6.07) is 0. The molecule has 0 aromatic rings. The summed E-state index contributed by atoms with van der Waals surface area (Å²) in [4.78, 5) is 37.4. The van der Waals surface area contributed by atoms with Crippen LogP contribution in [0.5, 0.6) is 0 Å². The molecule has 0 aliphatic heterocycles. The number of hydrogen-bond acceptors (Lipinski definition) is 8. The monoisotopic (exact) mass is 756 g/mol. The SMILES string of the molecule is CCCC/C=C\CCCCCCCC(=O)OCC(COP(=O)([O-])OCC[N+](C)(C)C)OC(=O)CCCCCCCCC/C=C\C/C=C\CCCCC. The van der Waals surface area contributed by atoms with Crippen molar-refractivity contribution in [2.45, 2.75) is 174 Å². The molecule has 0 aromatic heterocycles. The van der Waals surface area contributed by atoms with E-state index < -0.39 is 32.5 Å². The highest BCUT2D eigenvalue weighted by atomic mass is 31.2. The highest BCUT2D eigenvalue weighted by Gasteiger charge is 2.21. The molecule has 0 saturated carbocycles. The molecule has 0 radical (unpaired) electrons. The van der Waals surface area contributed by atoms with Crippen LogP contribution in [0, 0.1) is 0 Å². The van der Waals surface area contributed by atoms with Crippen molar-refractivity contribution in [1.29, 1.82) is 0 Å². The van der Waals surface area contributed by atoms with E-state index in [1.54, 1.807) is 0 Å². The van der Waals surface area contributed by atoms with E-state index in [4.69, 9.17) is 18.5 Å². The molecule has 10 heteroatoms. The number of allylic oxidation sites excluding steroid dienone is 6. The van der Waals surface area contributed by atoms with E-state index in [2.05, 4.69) is 50.3 Å². The van der Waals surface area contributed by atoms with Crippen molar-refractivity contribution in [3.05, 3.63) is 36.5 Å². The normalized spacial score (nSPS) is 14.0. The molecule has 2 unspecified atom stereocenters. The van der Waals surface area contributed by atoms with Crippen LogP contribution in [-0.2, 0) is 32.7 Å². The predicted molar refractivity (Wildman–Crippen MR) is 213 cm³/mol. The highest BCUT2D eigenvalue weighted by Crippen LogP contribution is 2.38. The van der Waals surface area contributed by atoms with E-state index in [0.717, 1.165) is 77.0 Å². The summed E-state index contributed by atoms with van der Waals surface area (Å²) in [5.41, 5.74) is 0. The number of unbranched alkanes of at least 4 members (excludes halogenated alkanes) is 17. The fourth-order valence-electron chi connectivity index (χ4n) is 5.31. The maximum Gasteiger partial charge on any atom is 0.306 e. The Morgan fingerprint density at radius 3 is 1.60 bits per heavy atom. The van der Waals surface area contributed by atoms with E-state index in [-0.39, 0.29) is 26.1 Å². The molecular weight excluding hydrogens is 677 g/mol. The lowest BCUT2D eigenvalue weighted by molar-refractivity contribution is -0.870. The van der Waals surface area contributed by atoms with Crippen molar-refractivity contribution in [3.63, 3.8) is 0 Å². The average molecular weight is 756 g/mol. The molecule has 0 fully saturated rings. The molecule has 0 N–H and O–H groups in total. The van der Waals surface area contributed by atoms with Crippen molar-refractivity contribution < 1.29 is 42.1 Å². The van der Waals surface area contributed by atoms with Gasteiger partial charge >= 0.3 is 11.9 Å². The summed E-state index contributed by atoms with van der Waals surface area (Å²) in [6.45, 7) is 4.13. The first kappa shape index (κ1) is 50.2. The zero-order chi connectivity index (χ0) is 38.6. The van der Waals surface area contributed by atoms with E-state index >= 15 is 0 Å². The van der Waals surface area contributed by atoms with Gasteiger partial charge in [-0.05, 0) is 64.2 Å². The minimum atomic E-state index is -4.62. The van der Waals surface area contributed by atoms with Gasteiger partial charge in [0.25, 0.3) is 7.82 Å². The third-order valence-electron chi connectivity index (χ3n) is 8.63. The van der Waals surface area contributed by atoms with Crippen LogP contribution >= 0.6 is 7.82 Å². The van der Waals surface area contributed by atoms with Crippen LogP contribution in [-0.4, -0.2) is 70.0 Å². The van der Waals surface area contributed by atoms with Crippen LogP contribution < -0.4 is 4.89 Å². The first-order valence-corrected chi connectivity index (χ1v) is 22.2. The molecule has 304 valence electrons. The molecule has 0 aliphatic carbocycles. The smallest absolute Gasteiger partial charge is 0.306 e. The van der Waals surface area contributed by atoms with Gasteiger partial charge in [-0.1, -0.05) is 127 Å². The number of quaternary nitrogens is 1. The van der Waals surface area contributed by atoms with Gasteiger partial charge in [0, 0.05) is 12.8 Å². The zero-order valence-corrected chi connectivity index (χ0v) is 34.9. The third-order valence-corrected chi connectivity index (χ3v) is 9.60. The lowest BCUT2D eigenvalue weighted by Gasteiger charge is -2.28. The topological polar surface area (TPSA) is 111 Å². The van der Waals surface area contributed by atoms with Gasteiger partial charge in [0.2, 0.25) is 0 Å². The van der Waals surface area contributed by atoms with Crippen molar-refractivity contribution >= 4 is 19.8 Å². The number of nitrogens with zero attached hydrogens (tertiary/aromatic N) is 1. The number of esters is 2. The lowest BCUT2D eigenvalue weighted by atomic mass is 10.1. The van der Waals surface area contributed by atoms with Crippen molar-refractivity contribution in [1.82, 2.24) is 0 Å². The van der Waals surface area contributed by atoms with Crippen LogP contribution in [0.4, 0.5) is 0 Å². The summed E-state index contributed by atoms with van der Waals surface area (Å²) in [6.07, 6.45) is 37.4. The molecule has 0 aliphatic rings. The number of ether oxygens (including phenoxy) is 2. The van der Waals surface area contributed by atoms with Gasteiger partial charge in [-0.3, -0.25) is 14.2 Å². The number of carbonyl (C=O) groups excluding carboxylic acids is 2. The van der Waals surface area contributed by atoms with Crippen LogP contribution in [0.15, 0.2) is 36.5 Å². The maximum atomic E-state index is 12.6. The minimum Gasteiger partial charge on any atom is -0.756 e. The van der Waals surface area contributed by atoms with Gasteiger partial charge in [-0.2, -0.15) is 0 Å². The van der Waals surface area contributed by atoms with Crippen LogP contribution in [0.2, 0.25) is 0 Å². The van der Waals surface area contributed by atoms with Gasteiger partial charge < -0.3 is 27.9 Å². The molecule has 0 amide bonds. The van der Waals surface area contributed by atoms with E-state index in [9.17, 15) is 19.0 Å². The van der Waals surface area contributed by atoms with E-state index in [1.807, 2.05) is 21.1 Å². The third kappa shape index (κ3) is 38.0. The second-order valence-corrected chi connectivity index (χ2v) is 16.4. The Kier molecular flexibility index (Phi) is 33.8. The van der Waals surface area contributed by atoms with E-state index in [1.165, 1.54) is 57.8 Å². The fourth-order valence-corrected chi connectivity index (χ4v) is 6.04. The molecule has 9 nitrogen and oxygen atoms in total. The Bertz CT molecular complexity index is 991. The molecule has 0 bridgehead atoms. The lowest BCUT2D eigenvalue weighted by Crippen LogP contribution is -2.37. The fraction of sp³-hybridized carbons (Fsp3) is 0.810. The van der Waals surface area contributed by atoms with Gasteiger partial charge in [-0.15, -0.1) is 0 Å². The summed E-state index contributed by atoms with van der Waals surface area (Å²) in [5, 5.41) is 0. The number of likely N-dealkylation sites (N-methyl/N-ethyl adjacent to an activating group) is 1. The Hall–Kier alpha value is -1.77. The number of carbonyl (C=O) groups is 2. The van der Waals surface area contributed by atoms with Crippen molar-refractivity contribution in [2.24, 2.45) is 0 Å². The van der Waals surface area contributed by atoms with Crippen LogP contribution in [0.3, 0.4) is 0 Å². The largest absolute Gasteiger partial charge is 0.756 e. The van der Waals surface area contributed by atoms with Gasteiger partial charge in [0.1, 0.15) is 19.8 Å². The minimum absolute atomic E-state index is 0.0342. The highest BCUT2D eigenvalue weighted by molar-refractivity contribution is 7.45. The predicted octanol–water partition coefficient (Wildman–Crippen LogP) is 10.7. The number of rotatable bonds is 37. The second-order valence-electron chi connectivity index (χ2n) is 15.0. The summed E-state index contributed by atoms with van der Waals surface area (Å²) in [5.74, 6) is -0.857. The van der Waals surface area contributed by atoms with Gasteiger partial charge in [0.05, 0.1) is 27.7 Å². The molecule has 0 heterocycles. The summed E-state index contributed by atoms with van der Waals surface area (Å²) in [7, 11) is 1.15. The standard InChI is InChI=1S/C42H78NO8P/c1-6-8-10-12-14-16-18-19-20-21-22-23-25-27-29-31-33-35-42(45)51-40(39-50-52(46,47)49-37-36-43(3,4)5)38-48-41(44)34-32-30-28-26-24-17-15-13-11-9-7-2/h13-16,19-20,40H,6-12,17-18,21-39H2,1-5H3/b15-13-,16-14-,20-19-. The second kappa shape index (κ2) is 35.0. The zero-order valence-electron chi connectivity index (χ0n) is 34.0. The van der Waals surface area contributed by atoms with Crippen molar-refractivity contribution in [2.75, 3.05) is 47.5 Å². The van der Waals surface area contributed by atoms with Crippen molar-refractivity contribution in [3.8, 4) is 0 Å². The number of phosphoric ester groups is 1. The molecule has 0 saturated heterocycles. The molecule has 0 spiro atoms. The molecular formula is C42H78NO8P. The Labute approximate surface area is 319 Å². The van der Waals surface area contributed by atoms with Gasteiger partial charge in [0.15, 0.2) is 6.10 Å². The Balaban J connectivity index is 4.40. The Morgan fingerprint density at radius 1 is 0.596 bits per heavy atom. The molecule has 52 heavy (non-hydrogen) atoms.